The second-order valence-electron chi connectivity index (χ2n) is 8.81. The van der Waals surface area contributed by atoms with E-state index in [1.54, 1.807) is 24.3 Å². The summed E-state index contributed by atoms with van der Waals surface area (Å²) in [6, 6.07) is 26.7. The van der Waals surface area contributed by atoms with Crippen LogP contribution in [0.25, 0.3) is 0 Å². The number of non-ortho nitro benzene ring substituents is 1. The number of fused-ring (bicyclic) bond motifs is 1. The highest BCUT2D eigenvalue weighted by molar-refractivity contribution is 6.30. The summed E-state index contributed by atoms with van der Waals surface area (Å²) in [6.07, 6.45) is 0. The van der Waals surface area contributed by atoms with Crippen LogP contribution in [0.3, 0.4) is 0 Å². The summed E-state index contributed by atoms with van der Waals surface area (Å²) < 4.78 is 17.2. The lowest BCUT2D eigenvalue weighted by atomic mass is 9.83. The van der Waals surface area contributed by atoms with Crippen LogP contribution in [0.4, 0.5) is 5.69 Å². The van der Waals surface area contributed by atoms with E-state index in [1.807, 2.05) is 36.4 Å². The van der Waals surface area contributed by atoms with Crippen LogP contribution in [-0.4, -0.2) is 10.9 Å². The van der Waals surface area contributed by atoms with Crippen molar-refractivity contribution in [2.45, 2.75) is 12.5 Å². The standard InChI is InChI=1S/C30H20ClN3O6/c31-21-8-4-18(5-9-21)17-38-23-3-1-2-20(14-23)28-25-13-12-24(15-27(25)40-29(33)26(28)16-32)39-30(35)19-6-10-22(11-7-19)34(36)37/h1-15,28H,17,33H2. The number of esters is 1. The fourth-order valence-corrected chi connectivity index (χ4v) is 4.38. The van der Waals surface area contributed by atoms with E-state index in [0.29, 0.717) is 28.7 Å². The SMILES string of the molecule is N#CC1=C(N)Oc2cc(OC(=O)c3ccc([N+](=O)[O-])cc3)ccc2C1c1cccc(OCc2ccc(Cl)cc2)c1. The van der Waals surface area contributed by atoms with Gasteiger partial charge in [0, 0.05) is 28.8 Å². The molecule has 5 rings (SSSR count). The minimum Gasteiger partial charge on any atom is -0.489 e. The number of rotatable bonds is 7. The Morgan fingerprint density at radius 3 is 2.48 bits per heavy atom. The van der Waals surface area contributed by atoms with Crippen LogP contribution in [-0.2, 0) is 6.61 Å². The van der Waals surface area contributed by atoms with Gasteiger partial charge in [-0.1, -0.05) is 41.9 Å². The second kappa shape index (κ2) is 11.2. The predicted molar refractivity (Wildman–Crippen MR) is 146 cm³/mol. The molecule has 1 aliphatic rings. The van der Waals surface area contributed by atoms with E-state index in [0.717, 1.165) is 11.1 Å². The van der Waals surface area contributed by atoms with Gasteiger partial charge < -0.3 is 19.9 Å². The zero-order chi connectivity index (χ0) is 28.2. The summed E-state index contributed by atoms with van der Waals surface area (Å²) >= 11 is 5.96. The van der Waals surface area contributed by atoms with Crippen LogP contribution in [0.15, 0.2) is 102 Å². The Balaban J connectivity index is 1.39. The zero-order valence-electron chi connectivity index (χ0n) is 20.7. The number of nitro groups is 1. The van der Waals surface area contributed by atoms with Crippen molar-refractivity contribution in [3.8, 4) is 23.3 Å². The van der Waals surface area contributed by atoms with Gasteiger partial charge in [-0.25, -0.2) is 4.79 Å². The Morgan fingerprint density at radius 2 is 1.77 bits per heavy atom. The number of nitro benzene ring substituents is 1. The first-order chi connectivity index (χ1) is 19.3. The molecule has 0 amide bonds. The first-order valence-corrected chi connectivity index (χ1v) is 12.4. The third kappa shape index (κ3) is 5.57. The quantitative estimate of drug-likeness (QED) is 0.122. The summed E-state index contributed by atoms with van der Waals surface area (Å²) in [5.74, 6) is -0.213. The van der Waals surface area contributed by atoms with Gasteiger partial charge in [-0.15, -0.1) is 0 Å². The zero-order valence-corrected chi connectivity index (χ0v) is 21.5. The van der Waals surface area contributed by atoms with Gasteiger partial charge in [0.1, 0.15) is 35.5 Å². The highest BCUT2D eigenvalue weighted by Gasteiger charge is 2.31. The molecule has 0 bridgehead atoms. The molecule has 1 heterocycles. The lowest BCUT2D eigenvalue weighted by molar-refractivity contribution is -0.384. The average Bonchev–Trinajstić information content (AvgIpc) is 2.96. The van der Waals surface area contributed by atoms with E-state index < -0.39 is 16.8 Å². The number of allylic oxidation sites excluding steroid dienone is 1. The largest absolute Gasteiger partial charge is 0.489 e. The molecular weight excluding hydrogens is 534 g/mol. The van der Waals surface area contributed by atoms with Crippen molar-refractivity contribution < 1.29 is 23.9 Å². The summed E-state index contributed by atoms with van der Waals surface area (Å²) in [5.41, 5.74) is 8.72. The molecule has 0 aromatic heterocycles. The Labute approximate surface area is 233 Å². The highest BCUT2D eigenvalue weighted by Crippen LogP contribution is 2.44. The molecule has 1 atom stereocenters. The molecule has 1 aliphatic heterocycles. The van der Waals surface area contributed by atoms with E-state index in [2.05, 4.69) is 6.07 Å². The number of halogens is 1. The molecule has 40 heavy (non-hydrogen) atoms. The molecule has 2 N–H and O–H groups in total. The van der Waals surface area contributed by atoms with Crippen molar-refractivity contribution in [1.29, 1.82) is 5.26 Å². The normalized spacial score (nSPS) is 13.9. The Hall–Kier alpha value is -5.33. The molecule has 4 aromatic rings. The van der Waals surface area contributed by atoms with Gasteiger partial charge in [0.2, 0.25) is 5.88 Å². The fourth-order valence-electron chi connectivity index (χ4n) is 4.26. The summed E-state index contributed by atoms with van der Waals surface area (Å²) in [4.78, 5) is 22.9. The van der Waals surface area contributed by atoms with Gasteiger partial charge in [0.25, 0.3) is 5.69 Å². The second-order valence-corrected chi connectivity index (χ2v) is 9.24. The van der Waals surface area contributed by atoms with Crippen molar-refractivity contribution in [1.82, 2.24) is 0 Å². The molecule has 0 saturated heterocycles. The number of hydrogen-bond acceptors (Lipinski definition) is 8. The van der Waals surface area contributed by atoms with Crippen LogP contribution in [0.5, 0.6) is 17.2 Å². The van der Waals surface area contributed by atoms with Gasteiger partial charge in [0.05, 0.1) is 16.4 Å². The van der Waals surface area contributed by atoms with Crippen molar-refractivity contribution in [2.24, 2.45) is 5.73 Å². The molecule has 4 aromatic carbocycles. The van der Waals surface area contributed by atoms with Crippen molar-refractivity contribution >= 4 is 23.3 Å². The molecule has 0 aliphatic carbocycles. The van der Waals surface area contributed by atoms with Crippen molar-refractivity contribution in [2.75, 3.05) is 0 Å². The fraction of sp³-hybridized carbons (Fsp3) is 0.0667. The Bertz CT molecular complexity index is 1680. The summed E-state index contributed by atoms with van der Waals surface area (Å²) in [7, 11) is 0. The number of carbonyl (C=O) groups is 1. The van der Waals surface area contributed by atoms with Crippen LogP contribution in [0, 0.1) is 21.4 Å². The number of hydrogen-bond donors (Lipinski definition) is 1. The van der Waals surface area contributed by atoms with E-state index in [4.69, 9.17) is 31.5 Å². The van der Waals surface area contributed by atoms with Gasteiger partial charge in [-0.05, 0) is 53.6 Å². The molecule has 198 valence electrons. The maximum Gasteiger partial charge on any atom is 0.343 e. The first-order valence-electron chi connectivity index (χ1n) is 12.0. The van der Waals surface area contributed by atoms with Gasteiger partial charge in [-0.3, -0.25) is 10.1 Å². The highest BCUT2D eigenvalue weighted by atomic mass is 35.5. The third-order valence-electron chi connectivity index (χ3n) is 6.23. The Kier molecular flexibility index (Phi) is 7.35. The van der Waals surface area contributed by atoms with E-state index in [-0.39, 0.29) is 28.5 Å². The van der Waals surface area contributed by atoms with E-state index in [9.17, 15) is 20.2 Å². The van der Waals surface area contributed by atoms with Crippen LogP contribution in [0.1, 0.15) is 33.0 Å². The lowest BCUT2D eigenvalue weighted by Crippen LogP contribution is -2.21. The summed E-state index contributed by atoms with van der Waals surface area (Å²) in [5, 5.41) is 21.4. The maximum atomic E-state index is 12.6. The molecule has 9 nitrogen and oxygen atoms in total. The number of carbonyl (C=O) groups excluding carboxylic acids is 1. The first kappa shape index (κ1) is 26.3. The smallest absolute Gasteiger partial charge is 0.343 e. The molecular formula is C30H20ClN3O6. The maximum absolute atomic E-state index is 12.6. The van der Waals surface area contributed by atoms with Crippen LogP contribution >= 0.6 is 11.6 Å². The average molecular weight is 554 g/mol. The van der Waals surface area contributed by atoms with Crippen LogP contribution in [0.2, 0.25) is 5.02 Å². The number of nitriles is 1. The van der Waals surface area contributed by atoms with E-state index in [1.165, 1.54) is 30.3 Å². The minimum absolute atomic E-state index is 0.0636. The molecule has 1 unspecified atom stereocenters. The van der Waals surface area contributed by atoms with Gasteiger partial charge in [0.15, 0.2) is 0 Å². The number of nitrogens with two attached hydrogens (primary N) is 1. The van der Waals surface area contributed by atoms with Crippen molar-refractivity contribution in [3.05, 3.63) is 140 Å². The molecule has 0 fully saturated rings. The number of benzene rings is 4. The number of nitrogens with zero attached hydrogens (tertiary/aromatic N) is 2. The third-order valence-corrected chi connectivity index (χ3v) is 6.48. The molecule has 0 saturated carbocycles. The monoisotopic (exact) mass is 553 g/mol. The molecule has 0 spiro atoms. The summed E-state index contributed by atoms with van der Waals surface area (Å²) in [6.45, 7) is 0.331. The predicted octanol–water partition coefficient (Wildman–Crippen LogP) is 6.26. The number of ether oxygens (including phenoxy) is 3. The van der Waals surface area contributed by atoms with Crippen molar-refractivity contribution in [3.63, 3.8) is 0 Å². The van der Waals surface area contributed by atoms with E-state index >= 15 is 0 Å². The van der Waals surface area contributed by atoms with Crippen LogP contribution < -0.4 is 19.9 Å². The minimum atomic E-state index is -0.700. The Morgan fingerprint density at radius 1 is 1.02 bits per heavy atom. The molecule has 10 heteroatoms. The molecule has 0 radical (unpaired) electrons. The van der Waals surface area contributed by atoms with Gasteiger partial charge in [-0.2, -0.15) is 5.26 Å². The lowest BCUT2D eigenvalue weighted by Gasteiger charge is -2.27. The topological polar surface area (TPSA) is 138 Å². The van der Waals surface area contributed by atoms with Gasteiger partial charge >= 0.3 is 5.97 Å².